The van der Waals surface area contributed by atoms with E-state index in [0.29, 0.717) is 19.8 Å². The number of halogens is 1. The molecule has 16 heavy (non-hydrogen) atoms. The molecule has 0 radical (unpaired) electrons. The maximum Gasteiger partial charge on any atom is 0.0726 e. The lowest BCUT2D eigenvalue weighted by molar-refractivity contribution is 0.0854. The summed E-state index contributed by atoms with van der Waals surface area (Å²) in [7, 11) is 0. The normalized spacial score (nSPS) is 10.6. The largest absolute Gasteiger partial charge is 0.394 e. The van der Waals surface area contributed by atoms with Crippen molar-refractivity contribution in [1.82, 2.24) is 9.78 Å². The summed E-state index contributed by atoms with van der Waals surface area (Å²) in [6.07, 6.45) is 4.85. The van der Waals surface area contributed by atoms with Crippen LogP contribution in [0.2, 0.25) is 0 Å². The summed E-state index contributed by atoms with van der Waals surface area (Å²) in [6, 6.07) is 0. The number of anilines is 1. The first kappa shape index (κ1) is 13.5. The van der Waals surface area contributed by atoms with Crippen LogP contribution in [0.15, 0.2) is 12.4 Å². The van der Waals surface area contributed by atoms with Crippen molar-refractivity contribution >= 4 is 21.6 Å². The fourth-order valence-corrected chi connectivity index (χ4v) is 1.48. The Balaban J connectivity index is 2.17. The molecule has 6 heteroatoms. The van der Waals surface area contributed by atoms with E-state index in [4.69, 9.17) is 9.84 Å². The van der Waals surface area contributed by atoms with Crippen LogP contribution < -0.4 is 5.32 Å². The van der Waals surface area contributed by atoms with E-state index in [1.165, 1.54) is 0 Å². The van der Waals surface area contributed by atoms with E-state index in [1.54, 1.807) is 6.20 Å². The van der Waals surface area contributed by atoms with Crippen molar-refractivity contribution in [2.24, 2.45) is 0 Å². The number of aromatic nitrogens is 2. The Bertz CT molecular complexity index is 281. The third kappa shape index (κ3) is 5.48. The zero-order valence-electron chi connectivity index (χ0n) is 9.23. The first-order valence-electron chi connectivity index (χ1n) is 5.37. The quantitative estimate of drug-likeness (QED) is 0.528. The fraction of sp³-hybridized carbons (Fsp3) is 0.700. The third-order valence-corrected chi connectivity index (χ3v) is 2.53. The monoisotopic (exact) mass is 291 g/mol. The number of alkyl halides is 1. The lowest BCUT2D eigenvalue weighted by Gasteiger charge is -2.02. The van der Waals surface area contributed by atoms with Crippen LogP contribution in [0.25, 0.3) is 0 Å². The molecule has 0 aliphatic rings. The number of hydrogen-bond acceptors (Lipinski definition) is 4. The van der Waals surface area contributed by atoms with Crippen molar-refractivity contribution in [1.29, 1.82) is 0 Å². The summed E-state index contributed by atoms with van der Waals surface area (Å²) in [4.78, 5) is 0. The van der Waals surface area contributed by atoms with Crippen molar-refractivity contribution in [3.05, 3.63) is 12.4 Å². The molecule has 5 nitrogen and oxygen atoms in total. The van der Waals surface area contributed by atoms with Gasteiger partial charge in [0, 0.05) is 18.1 Å². The Morgan fingerprint density at radius 2 is 2.38 bits per heavy atom. The molecule has 0 aliphatic carbocycles. The second kappa shape index (κ2) is 8.55. The number of rotatable bonds is 9. The highest BCUT2D eigenvalue weighted by molar-refractivity contribution is 9.09. The molecule has 0 aliphatic heterocycles. The van der Waals surface area contributed by atoms with E-state index in [9.17, 15) is 0 Å². The number of nitrogens with one attached hydrogen (secondary N) is 1. The lowest BCUT2D eigenvalue weighted by Crippen LogP contribution is -2.08. The van der Waals surface area contributed by atoms with Gasteiger partial charge in [0.25, 0.3) is 0 Å². The van der Waals surface area contributed by atoms with E-state index in [0.717, 1.165) is 24.0 Å². The highest BCUT2D eigenvalue weighted by Gasteiger charge is 1.97. The van der Waals surface area contributed by atoms with Gasteiger partial charge < -0.3 is 15.2 Å². The topological polar surface area (TPSA) is 59.3 Å². The highest BCUT2D eigenvalue weighted by atomic mass is 79.9. The molecule has 1 aromatic rings. The average molecular weight is 292 g/mol. The standard InChI is InChI=1S/C10H18BrN3O2/c11-2-1-3-12-10-8-13-14(9-10)4-6-16-7-5-15/h8-9,12,15H,1-7H2. The highest BCUT2D eigenvalue weighted by Crippen LogP contribution is 2.04. The van der Waals surface area contributed by atoms with Crippen LogP contribution in [0.3, 0.4) is 0 Å². The molecular weight excluding hydrogens is 274 g/mol. The molecule has 0 atom stereocenters. The summed E-state index contributed by atoms with van der Waals surface area (Å²) < 4.78 is 6.98. The van der Waals surface area contributed by atoms with Crippen LogP contribution in [-0.2, 0) is 11.3 Å². The van der Waals surface area contributed by atoms with Gasteiger partial charge in [-0.1, -0.05) is 15.9 Å². The van der Waals surface area contributed by atoms with Gasteiger partial charge in [-0.25, -0.2) is 0 Å². The molecule has 1 aromatic heterocycles. The van der Waals surface area contributed by atoms with E-state index in [1.807, 2.05) is 10.9 Å². The van der Waals surface area contributed by atoms with Crippen LogP contribution in [0, 0.1) is 0 Å². The maximum absolute atomic E-state index is 8.53. The predicted octanol–water partition coefficient (Wildman–Crippen LogP) is 1.09. The first-order valence-corrected chi connectivity index (χ1v) is 6.50. The Labute approximate surface area is 104 Å². The Hall–Kier alpha value is -0.590. The molecule has 0 bridgehead atoms. The van der Waals surface area contributed by atoms with Gasteiger partial charge in [0.05, 0.1) is 38.2 Å². The minimum absolute atomic E-state index is 0.0679. The molecule has 0 saturated carbocycles. The second-order valence-corrected chi connectivity index (χ2v) is 4.09. The van der Waals surface area contributed by atoms with Crippen molar-refractivity contribution in [2.75, 3.05) is 37.0 Å². The SMILES string of the molecule is OCCOCCn1cc(NCCCBr)cn1. The molecule has 92 valence electrons. The number of nitrogens with zero attached hydrogens (tertiary/aromatic N) is 2. The third-order valence-electron chi connectivity index (χ3n) is 1.97. The zero-order chi connectivity index (χ0) is 11.6. The smallest absolute Gasteiger partial charge is 0.0726 e. The second-order valence-electron chi connectivity index (χ2n) is 3.30. The van der Waals surface area contributed by atoms with Crippen molar-refractivity contribution < 1.29 is 9.84 Å². The first-order chi connectivity index (χ1) is 7.86. The van der Waals surface area contributed by atoms with Crippen LogP contribution in [0.4, 0.5) is 5.69 Å². The summed E-state index contributed by atoms with van der Waals surface area (Å²) in [5, 5.41) is 17.0. The van der Waals surface area contributed by atoms with Gasteiger partial charge in [-0.05, 0) is 6.42 Å². The average Bonchev–Trinajstić information content (AvgIpc) is 2.73. The van der Waals surface area contributed by atoms with E-state index < -0.39 is 0 Å². The molecular formula is C10H18BrN3O2. The summed E-state index contributed by atoms with van der Waals surface area (Å²) >= 11 is 3.38. The van der Waals surface area contributed by atoms with Gasteiger partial charge in [-0.2, -0.15) is 5.10 Å². The van der Waals surface area contributed by atoms with Crippen molar-refractivity contribution in [2.45, 2.75) is 13.0 Å². The maximum atomic E-state index is 8.53. The zero-order valence-corrected chi connectivity index (χ0v) is 10.8. The van der Waals surface area contributed by atoms with Crippen LogP contribution in [0.1, 0.15) is 6.42 Å². The summed E-state index contributed by atoms with van der Waals surface area (Å²) in [6.45, 7) is 2.68. The van der Waals surface area contributed by atoms with Gasteiger partial charge in [0.1, 0.15) is 0 Å². The van der Waals surface area contributed by atoms with Gasteiger partial charge >= 0.3 is 0 Å². The van der Waals surface area contributed by atoms with Crippen LogP contribution >= 0.6 is 15.9 Å². The molecule has 0 unspecified atom stereocenters. The molecule has 0 amide bonds. The van der Waals surface area contributed by atoms with E-state index >= 15 is 0 Å². The van der Waals surface area contributed by atoms with Gasteiger partial charge in [-0.15, -0.1) is 0 Å². The fourth-order valence-electron chi connectivity index (χ4n) is 1.20. The van der Waals surface area contributed by atoms with Crippen LogP contribution in [0.5, 0.6) is 0 Å². The minimum Gasteiger partial charge on any atom is -0.394 e. The number of ether oxygens (including phenoxy) is 1. The van der Waals surface area contributed by atoms with E-state index in [-0.39, 0.29) is 6.61 Å². The number of hydrogen-bond donors (Lipinski definition) is 2. The Morgan fingerprint density at radius 1 is 1.50 bits per heavy atom. The predicted molar refractivity (Wildman–Crippen MR) is 67.0 cm³/mol. The summed E-state index contributed by atoms with van der Waals surface area (Å²) in [5.74, 6) is 0. The van der Waals surface area contributed by atoms with Gasteiger partial charge in [0.15, 0.2) is 0 Å². The van der Waals surface area contributed by atoms with Crippen molar-refractivity contribution in [3.63, 3.8) is 0 Å². The molecule has 1 rings (SSSR count). The number of aliphatic hydroxyl groups is 1. The molecule has 0 aromatic carbocycles. The van der Waals surface area contributed by atoms with Crippen LogP contribution in [-0.4, -0.2) is 46.6 Å². The van der Waals surface area contributed by atoms with Gasteiger partial charge in [-0.3, -0.25) is 4.68 Å². The minimum atomic E-state index is 0.0679. The Kier molecular flexibility index (Phi) is 7.20. The molecule has 0 fully saturated rings. The summed E-state index contributed by atoms with van der Waals surface area (Å²) in [5.41, 5.74) is 1.03. The number of aliphatic hydroxyl groups excluding tert-OH is 1. The van der Waals surface area contributed by atoms with E-state index in [2.05, 4.69) is 26.3 Å². The van der Waals surface area contributed by atoms with Gasteiger partial charge in [0.2, 0.25) is 0 Å². The molecule has 1 heterocycles. The molecule has 2 N–H and O–H groups in total. The van der Waals surface area contributed by atoms with Crippen molar-refractivity contribution in [3.8, 4) is 0 Å². The Morgan fingerprint density at radius 3 is 3.12 bits per heavy atom. The molecule has 0 spiro atoms. The molecule has 0 saturated heterocycles. The lowest BCUT2D eigenvalue weighted by atomic mass is 10.4.